The number of nitriles is 1. The Morgan fingerprint density at radius 1 is 0.875 bits per heavy atom. The van der Waals surface area contributed by atoms with Crippen LogP contribution >= 0.6 is 0 Å². The third-order valence-electron chi connectivity index (χ3n) is 2.77. The number of hydrogen-bond donors (Lipinski definition) is 0. The minimum Gasteiger partial charge on any atom is -0.192 e. The maximum absolute atomic E-state index is 8.86. The molecule has 0 spiro atoms. The van der Waals surface area contributed by atoms with Gasteiger partial charge in [0, 0.05) is 0 Å². The molecule has 1 heteroatoms. The molecule has 1 nitrogen and oxygen atoms in total. The second kappa shape index (κ2) is 3.36. The van der Waals surface area contributed by atoms with Crippen LogP contribution in [0.2, 0.25) is 0 Å². The number of nitrogens with zero attached hydrogens (tertiary/aromatic N) is 1. The van der Waals surface area contributed by atoms with Crippen molar-refractivity contribution in [1.82, 2.24) is 0 Å². The average Bonchev–Trinajstić information content (AvgIpc) is 2.35. The number of rotatable bonds is 0. The Bertz CT molecular complexity index is 720. The van der Waals surface area contributed by atoms with Crippen molar-refractivity contribution in [3.8, 4) is 6.07 Å². The highest BCUT2D eigenvalue weighted by molar-refractivity contribution is 5.98. The minimum absolute atomic E-state index is 0.703. The van der Waals surface area contributed by atoms with Crippen LogP contribution < -0.4 is 0 Å². The molecule has 73 valence electrons. The fraction of sp³-hybridized carbons (Fsp3) is 0. The SMILES string of the molecule is N#Cc1ccc2cc3c[c]ccc3cc2c1. The molecule has 0 aliphatic heterocycles. The second-order valence-corrected chi connectivity index (χ2v) is 3.80. The molecule has 0 fully saturated rings. The maximum atomic E-state index is 8.86. The van der Waals surface area contributed by atoms with Gasteiger partial charge in [-0.15, -0.1) is 0 Å². The van der Waals surface area contributed by atoms with Gasteiger partial charge in [0.25, 0.3) is 0 Å². The summed E-state index contributed by atoms with van der Waals surface area (Å²) in [6, 6.07) is 21.1. The van der Waals surface area contributed by atoms with Gasteiger partial charge < -0.3 is 0 Å². The summed E-state index contributed by atoms with van der Waals surface area (Å²) < 4.78 is 0. The molecular weight excluding hydrogens is 194 g/mol. The molecule has 0 aliphatic carbocycles. The molecule has 16 heavy (non-hydrogen) atoms. The highest BCUT2D eigenvalue weighted by Gasteiger charge is 1.98. The highest BCUT2D eigenvalue weighted by atomic mass is 14.2. The molecule has 0 N–H and O–H groups in total. The third-order valence-corrected chi connectivity index (χ3v) is 2.77. The van der Waals surface area contributed by atoms with Gasteiger partial charge in [-0.1, -0.05) is 18.2 Å². The number of benzene rings is 3. The Kier molecular flexibility index (Phi) is 1.88. The zero-order valence-electron chi connectivity index (χ0n) is 8.57. The van der Waals surface area contributed by atoms with Crippen molar-refractivity contribution < 1.29 is 0 Å². The zero-order chi connectivity index (χ0) is 11.0. The molecule has 0 aromatic heterocycles. The van der Waals surface area contributed by atoms with Gasteiger partial charge in [-0.2, -0.15) is 5.26 Å². The predicted octanol–water partition coefficient (Wildman–Crippen LogP) is 3.66. The van der Waals surface area contributed by atoms with E-state index in [9.17, 15) is 0 Å². The van der Waals surface area contributed by atoms with E-state index in [2.05, 4.69) is 24.3 Å². The summed E-state index contributed by atoms with van der Waals surface area (Å²) in [5.41, 5.74) is 0.703. The first-order valence-electron chi connectivity index (χ1n) is 5.10. The summed E-state index contributed by atoms with van der Waals surface area (Å²) in [6.45, 7) is 0. The number of hydrogen-bond acceptors (Lipinski definition) is 1. The van der Waals surface area contributed by atoms with Crippen molar-refractivity contribution in [2.24, 2.45) is 0 Å². The van der Waals surface area contributed by atoms with Crippen LogP contribution in [0.5, 0.6) is 0 Å². The van der Waals surface area contributed by atoms with E-state index in [-0.39, 0.29) is 0 Å². The van der Waals surface area contributed by atoms with Gasteiger partial charge in [0.2, 0.25) is 0 Å². The molecule has 3 aromatic rings. The van der Waals surface area contributed by atoms with Crippen LogP contribution in [-0.4, -0.2) is 0 Å². The van der Waals surface area contributed by atoms with Gasteiger partial charge in [0.15, 0.2) is 0 Å². The molecule has 0 atom stereocenters. The summed E-state index contributed by atoms with van der Waals surface area (Å²) in [5.74, 6) is 0. The number of fused-ring (bicyclic) bond motifs is 2. The Labute approximate surface area is 93.6 Å². The van der Waals surface area contributed by atoms with E-state index in [4.69, 9.17) is 5.26 Å². The molecule has 3 rings (SSSR count). The van der Waals surface area contributed by atoms with Crippen LogP contribution in [0.3, 0.4) is 0 Å². The van der Waals surface area contributed by atoms with E-state index in [1.54, 1.807) is 0 Å². The Balaban J connectivity index is 2.43. The topological polar surface area (TPSA) is 23.8 Å². The van der Waals surface area contributed by atoms with E-state index < -0.39 is 0 Å². The Hall–Kier alpha value is -2.33. The van der Waals surface area contributed by atoms with Crippen LogP contribution in [0, 0.1) is 17.4 Å². The lowest BCUT2D eigenvalue weighted by molar-refractivity contribution is 1.50. The van der Waals surface area contributed by atoms with Crippen molar-refractivity contribution in [2.45, 2.75) is 0 Å². The molecule has 0 saturated heterocycles. The van der Waals surface area contributed by atoms with Gasteiger partial charge in [-0.25, -0.2) is 0 Å². The minimum atomic E-state index is 0.703. The summed E-state index contributed by atoms with van der Waals surface area (Å²) >= 11 is 0. The molecule has 0 heterocycles. The van der Waals surface area contributed by atoms with Crippen LogP contribution in [0.25, 0.3) is 21.5 Å². The van der Waals surface area contributed by atoms with Crippen LogP contribution in [0.4, 0.5) is 0 Å². The van der Waals surface area contributed by atoms with Gasteiger partial charge >= 0.3 is 0 Å². The molecule has 3 aromatic carbocycles. The lowest BCUT2D eigenvalue weighted by Crippen LogP contribution is -1.78. The van der Waals surface area contributed by atoms with E-state index in [1.165, 1.54) is 10.8 Å². The van der Waals surface area contributed by atoms with Crippen LogP contribution in [0.1, 0.15) is 5.56 Å². The largest absolute Gasteiger partial charge is 0.192 e. The summed E-state index contributed by atoms with van der Waals surface area (Å²) in [6.07, 6.45) is 0. The monoisotopic (exact) mass is 202 g/mol. The highest BCUT2D eigenvalue weighted by Crippen LogP contribution is 2.23. The fourth-order valence-electron chi connectivity index (χ4n) is 1.95. The van der Waals surface area contributed by atoms with Crippen LogP contribution in [0.15, 0.2) is 48.5 Å². The van der Waals surface area contributed by atoms with E-state index >= 15 is 0 Å². The van der Waals surface area contributed by atoms with Crippen molar-refractivity contribution in [2.75, 3.05) is 0 Å². The summed E-state index contributed by atoms with van der Waals surface area (Å²) in [7, 11) is 0. The predicted molar refractivity (Wildman–Crippen MR) is 65.0 cm³/mol. The van der Waals surface area contributed by atoms with Crippen molar-refractivity contribution >= 4 is 21.5 Å². The van der Waals surface area contributed by atoms with Crippen molar-refractivity contribution in [3.63, 3.8) is 0 Å². The molecule has 0 aliphatic rings. The van der Waals surface area contributed by atoms with E-state index in [0.29, 0.717) is 5.56 Å². The lowest BCUT2D eigenvalue weighted by atomic mass is 10.0. The standard InChI is InChI=1S/C15H8N/c16-10-11-5-6-14-8-12-3-1-2-4-13(12)9-15(14)7-11/h2-9H. The Morgan fingerprint density at radius 2 is 1.69 bits per heavy atom. The lowest BCUT2D eigenvalue weighted by Gasteiger charge is -2.02. The first-order valence-corrected chi connectivity index (χ1v) is 5.10. The summed E-state index contributed by atoms with van der Waals surface area (Å²) in [4.78, 5) is 0. The Morgan fingerprint density at radius 3 is 2.56 bits per heavy atom. The molecule has 0 unspecified atom stereocenters. The maximum Gasteiger partial charge on any atom is 0.0991 e. The van der Waals surface area contributed by atoms with Gasteiger partial charge in [0.05, 0.1) is 11.6 Å². The average molecular weight is 202 g/mol. The van der Waals surface area contributed by atoms with E-state index in [0.717, 1.165) is 10.8 Å². The fourth-order valence-corrected chi connectivity index (χ4v) is 1.95. The molecule has 1 radical (unpaired) electrons. The zero-order valence-corrected chi connectivity index (χ0v) is 8.57. The van der Waals surface area contributed by atoms with Gasteiger partial charge in [-0.05, 0) is 57.9 Å². The molecule has 0 amide bonds. The third kappa shape index (κ3) is 1.32. The van der Waals surface area contributed by atoms with Gasteiger partial charge in [0.1, 0.15) is 0 Å². The molecule has 0 bridgehead atoms. The molecule has 0 saturated carbocycles. The quantitative estimate of drug-likeness (QED) is 0.510. The van der Waals surface area contributed by atoms with Gasteiger partial charge in [-0.3, -0.25) is 0 Å². The first-order chi connectivity index (χ1) is 7.86. The smallest absolute Gasteiger partial charge is 0.0991 e. The van der Waals surface area contributed by atoms with Crippen LogP contribution in [-0.2, 0) is 0 Å². The van der Waals surface area contributed by atoms with Crippen molar-refractivity contribution in [3.05, 3.63) is 60.2 Å². The van der Waals surface area contributed by atoms with E-state index in [1.807, 2.05) is 36.4 Å². The first kappa shape index (κ1) is 8.94. The molecular formula is C15H8N. The normalized spacial score (nSPS) is 10.4. The van der Waals surface area contributed by atoms with Crippen molar-refractivity contribution in [1.29, 1.82) is 5.26 Å². The second-order valence-electron chi connectivity index (χ2n) is 3.80. The summed E-state index contributed by atoms with van der Waals surface area (Å²) in [5, 5.41) is 13.5.